The van der Waals surface area contributed by atoms with Crippen LogP contribution in [0.1, 0.15) is 12.0 Å². The summed E-state index contributed by atoms with van der Waals surface area (Å²) in [7, 11) is 0. The Kier molecular flexibility index (Phi) is 7.51. The van der Waals surface area contributed by atoms with Gasteiger partial charge in [0.1, 0.15) is 18.0 Å². The summed E-state index contributed by atoms with van der Waals surface area (Å²) >= 11 is 2.17. The van der Waals surface area contributed by atoms with Gasteiger partial charge in [-0.15, -0.1) is 0 Å². The van der Waals surface area contributed by atoms with Crippen molar-refractivity contribution in [1.29, 1.82) is 0 Å². The number of aliphatic hydroxyl groups excluding tert-OH is 2. The van der Waals surface area contributed by atoms with Gasteiger partial charge in [0.25, 0.3) is 0 Å². The highest BCUT2D eigenvalue weighted by Gasteiger charge is 2.35. The van der Waals surface area contributed by atoms with Gasteiger partial charge in [-0.3, -0.25) is 4.79 Å². The van der Waals surface area contributed by atoms with E-state index in [9.17, 15) is 9.90 Å². The summed E-state index contributed by atoms with van der Waals surface area (Å²) in [5.74, 6) is 1.76. The van der Waals surface area contributed by atoms with E-state index in [1.165, 1.54) is 0 Å². The summed E-state index contributed by atoms with van der Waals surface area (Å²) in [6.45, 7) is 0.702. The monoisotopic (exact) mass is 552 g/mol. The first-order valence-electron chi connectivity index (χ1n) is 10.4. The second-order valence-corrected chi connectivity index (χ2v) is 8.72. The third-order valence-corrected chi connectivity index (χ3v) is 6.24. The minimum absolute atomic E-state index is 0.143. The summed E-state index contributed by atoms with van der Waals surface area (Å²) in [5.41, 5.74) is 1.47. The number of hydrogen-bond donors (Lipinski definition) is 4. The van der Waals surface area contributed by atoms with Gasteiger partial charge in [-0.2, -0.15) is 0 Å². The first-order valence-corrected chi connectivity index (χ1v) is 11.4. The van der Waals surface area contributed by atoms with E-state index in [0.717, 1.165) is 9.13 Å². The van der Waals surface area contributed by atoms with E-state index in [1.54, 1.807) is 6.08 Å². The number of amides is 1. The minimum Gasteiger partial charge on any atom is -0.482 e. The summed E-state index contributed by atoms with van der Waals surface area (Å²) in [6, 6.07) is 12.8. The van der Waals surface area contributed by atoms with E-state index in [0.29, 0.717) is 35.8 Å². The van der Waals surface area contributed by atoms with Gasteiger partial charge in [0.2, 0.25) is 12.7 Å². The van der Waals surface area contributed by atoms with E-state index < -0.39 is 18.2 Å². The molecule has 170 valence electrons. The van der Waals surface area contributed by atoms with E-state index in [-0.39, 0.29) is 25.9 Å². The van der Waals surface area contributed by atoms with Crippen LogP contribution in [0.5, 0.6) is 17.2 Å². The van der Waals surface area contributed by atoms with Crippen molar-refractivity contribution in [2.24, 2.45) is 0 Å². The fourth-order valence-electron chi connectivity index (χ4n) is 3.69. The number of rotatable bonds is 8. The Bertz CT molecular complexity index is 998. The predicted octanol–water partition coefficient (Wildman–Crippen LogP) is 1.73. The zero-order valence-electron chi connectivity index (χ0n) is 17.3. The lowest BCUT2D eigenvalue weighted by Gasteiger charge is -2.34. The van der Waals surface area contributed by atoms with E-state index >= 15 is 0 Å². The molecular weight excluding hydrogens is 527 g/mol. The van der Waals surface area contributed by atoms with Gasteiger partial charge in [0, 0.05) is 24.7 Å². The number of fused-ring (bicyclic) bond motifs is 1. The van der Waals surface area contributed by atoms with Crippen molar-refractivity contribution < 1.29 is 29.2 Å². The Morgan fingerprint density at radius 2 is 2.00 bits per heavy atom. The first kappa shape index (κ1) is 22.8. The topological polar surface area (TPSA) is 109 Å². The fraction of sp³-hybridized carbons (Fsp3) is 0.348. The van der Waals surface area contributed by atoms with Crippen molar-refractivity contribution in [2.75, 3.05) is 19.9 Å². The van der Waals surface area contributed by atoms with Gasteiger partial charge in [-0.25, -0.2) is 0 Å². The molecule has 0 fully saturated rings. The lowest BCUT2D eigenvalue weighted by molar-refractivity contribution is -0.118. The molecule has 0 saturated carbocycles. The molecule has 2 aromatic carbocycles. The number of hydrogen-bond acceptors (Lipinski definition) is 7. The molecule has 2 aliphatic rings. The molecule has 0 aromatic heterocycles. The zero-order chi connectivity index (χ0) is 22.5. The van der Waals surface area contributed by atoms with Crippen LogP contribution in [0.4, 0.5) is 0 Å². The highest BCUT2D eigenvalue weighted by molar-refractivity contribution is 14.1. The number of ether oxygens (including phenoxy) is 3. The lowest BCUT2D eigenvalue weighted by atomic mass is 9.89. The van der Waals surface area contributed by atoms with Crippen LogP contribution in [0, 0.1) is 3.57 Å². The van der Waals surface area contributed by atoms with Gasteiger partial charge in [0.15, 0.2) is 11.5 Å². The third-order valence-electron chi connectivity index (χ3n) is 5.35. The molecule has 0 radical (unpaired) electrons. The maximum Gasteiger partial charge on any atom is 0.247 e. The van der Waals surface area contributed by atoms with Gasteiger partial charge in [-0.1, -0.05) is 18.2 Å². The Morgan fingerprint density at radius 3 is 2.81 bits per heavy atom. The zero-order valence-corrected chi connectivity index (χ0v) is 19.4. The number of para-hydroxylation sites is 1. The third kappa shape index (κ3) is 5.34. The van der Waals surface area contributed by atoms with Gasteiger partial charge < -0.3 is 35.1 Å². The number of nitrogens with one attached hydrogen (secondary N) is 2. The van der Waals surface area contributed by atoms with Crippen molar-refractivity contribution in [3.63, 3.8) is 0 Å². The second-order valence-electron chi connectivity index (χ2n) is 7.55. The van der Waals surface area contributed by atoms with E-state index in [2.05, 4.69) is 33.2 Å². The van der Waals surface area contributed by atoms with Crippen LogP contribution < -0.4 is 24.8 Å². The summed E-state index contributed by atoms with van der Waals surface area (Å²) in [4.78, 5) is 12.6. The van der Waals surface area contributed by atoms with Gasteiger partial charge in [0.05, 0.1) is 10.2 Å². The highest BCUT2D eigenvalue weighted by Crippen LogP contribution is 2.33. The van der Waals surface area contributed by atoms with Crippen LogP contribution in [0.3, 0.4) is 0 Å². The molecule has 9 heteroatoms. The fourth-order valence-corrected chi connectivity index (χ4v) is 4.20. The van der Waals surface area contributed by atoms with E-state index in [1.807, 2.05) is 42.5 Å². The molecule has 1 heterocycles. The maximum atomic E-state index is 12.6. The molecule has 1 aliphatic heterocycles. The number of carbonyl (C=O) groups is 1. The molecule has 0 spiro atoms. The second kappa shape index (κ2) is 10.5. The van der Waals surface area contributed by atoms with Gasteiger partial charge in [-0.05, 0) is 64.9 Å². The number of benzene rings is 2. The molecule has 8 nitrogen and oxygen atoms in total. The van der Waals surface area contributed by atoms with Crippen LogP contribution in [-0.2, 0) is 11.3 Å². The van der Waals surface area contributed by atoms with Crippen molar-refractivity contribution in [2.45, 2.75) is 31.2 Å². The molecule has 4 N–H and O–H groups in total. The molecule has 3 unspecified atom stereocenters. The number of halogens is 1. The molecule has 4 rings (SSSR count). The maximum absolute atomic E-state index is 12.6. The molecule has 2 aromatic rings. The smallest absolute Gasteiger partial charge is 0.247 e. The standard InChI is InChI=1S/C23H25IN2O6/c24-16-3-1-2-4-18(16)32-21-11-15(23(29)25-7-8-27)10-17(22(21)28)26-12-14-5-6-19-20(9-14)31-13-30-19/h1-6,9,11,17,21-22,26-28H,7-8,10,12-13H2,(H,25,29). The van der Waals surface area contributed by atoms with Crippen LogP contribution in [0.15, 0.2) is 54.1 Å². The normalized spacial score (nSPS) is 21.7. The first-order chi connectivity index (χ1) is 15.5. The Hall–Kier alpha value is -2.34. The van der Waals surface area contributed by atoms with Crippen molar-refractivity contribution >= 4 is 28.5 Å². The Balaban J connectivity index is 1.50. The SMILES string of the molecule is O=C(NCCO)C1=CC(Oc2ccccc2I)C(O)C(NCc2ccc3c(c2)OCO3)C1. The molecule has 1 amide bonds. The van der Waals surface area contributed by atoms with Crippen LogP contribution in [0.25, 0.3) is 0 Å². The van der Waals surface area contributed by atoms with Crippen LogP contribution in [-0.4, -0.2) is 54.3 Å². The average molecular weight is 552 g/mol. The van der Waals surface area contributed by atoms with E-state index in [4.69, 9.17) is 19.3 Å². The quantitative estimate of drug-likeness (QED) is 0.370. The Morgan fingerprint density at radius 1 is 1.19 bits per heavy atom. The van der Waals surface area contributed by atoms with Crippen molar-refractivity contribution in [3.8, 4) is 17.2 Å². The Labute approximate surface area is 199 Å². The number of carbonyl (C=O) groups excluding carboxylic acids is 1. The predicted molar refractivity (Wildman–Crippen MR) is 126 cm³/mol. The number of aliphatic hydroxyl groups is 2. The highest BCUT2D eigenvalue weighted by atomic mass is 127. The molecule has 0 bridgehead atoms. The summed E-state index contributed by atoms with van der Waals surface area (Å²) < 4.78 is 17.8. The van der Waals surface area contributed by atoms with Crippen LogP contribution in [0.2, 0.25) is 0 Å². The molecule has 32 heavy (non-hydrogen) atoms. The minimum atomic E-state index is -0.866. The van der Waals surface area contributed by atoms with Crippen molar-refractivity contribution in [3.05, 3.63) is 63.2 Å². The summed E-state index contributed by atoms with van der Waals surface area (Å²) in [6.07, 6.45) is 0.423. The lowest BCUT2D eigenvalue weighted by Crippen LogP contribution is -2.51. The average Bonchev–Trinajstić information content (AvgIpc) is 3.27. The summed E-state index contributed by atoms with van der Waals surface area (Å²) in [5, 5.41) is 26.1. The molecule has 1 aliphatic carbocycles. The molecular formula is C23H25IN2O6. The van der Waals surface area contributed by atoms with Gasteiger partial charge >= 0.3 is 0 Å². The van der Waals surface area contributed by atoms with Crippen LogP contribution >= 0.6 is 22.6 Å². The van der Waals surface area contributed by atoms with Crippen molar-refractivity contribution in [1.82, 2.24) is 10.6 Å². The molecule has 0 saturated heterocycles. The largest absolute Gasteiger partial charge is 0.482 e. The molecule has 3 atom stereocenters.